The fourth-order valence-electron chi connectivity index (χ4n) is 2.03. The molecule has 1 saturated heterocycles. The van der Waals surface area contributed by atoms with Crippen molar-refractivity contribution in [2.75, 3.05) is 17.7 Å². The first-order chi connectivity index (χ1) is 8.74. The van der Waals surface area contributed by atoms with Gasteiger partial charge in [0.25, 0.3) is 0 Å². The molecule has 19 heavy (non-hydrogen) atoms. The normalized spacial score (nSPS) is 18.4. The first kappa shape index (κ1) is 15.7. The maximum Gasteiger partial charge on any atom is 0.224 e. The minimum atomic E-state index is -0.00394. The molecule has 1 fully saturated rings. The number of carbonyl (C=O) groups excluding carboxylic acids is 1. The quantitative estimate of drug-likeness (QED) is 0.890. The third kappa shape index (κ3) is 5.44. The number of nitrogens with one attached hydrogen (secondary N) is 1. The van der Waals surface area contributed by atoms with Crippen LogP contribution in [0.4, 0.5) is 11.5 Å². The summed E-state index contributed by atoms with van der Waals surface area (Å²) in [5, 5.41) is 2.80. The van der Waals surface area contributed by atoms with E-state index in [9.17, 15) is 4.79 Å². The van der Waals surface area contributed by atoms with E-state index in [0.717, 1.165) is 25.9 Å². The average Bonchev–Trinajstić information content (AvgIpc) is 2.40. The number of pyridine rings is 1. The second kappa shape index (κ2) is 7.96. The van der Waals surface area contributed by atoms with Crippen LogP contribution in [0.2, 0.25) is 0 Å². The van der Waals surface area contributed by atoms with E-state index in [1.54, 1.807) is 18.3 Å². The summed E-state index contributed by atoms with van der Waals surface area (Å²) in [5.74, 6) is 0.444. The van der Waals surface area contributed by atoms with Crippen molar-refractivity contribution in [2.24, 2.45) is 0 Å². The van der Waals surface area contributed by atoms with Crippen molar-refractivity contribution in [1.29, 1.82) is 0 Å². The zero-order valence-electron chi connectivity index (χ0n) is 10.8. The van der Waals surface area contributed by atoms with E-state index in [2.05, 4.69) is 10.3 Å². The number of ether oxygens (including phenoxy) is 1. The van der Waals surface area contributed by atoms with E-state index in [1.807, 2.05) is 0 Å². The molecular weight excluding hydrogens is 266 g/mol. The Morgan fingerprint density at radius 2 is 2.32 bits per heavy atom. The van der Waals surface area contributed by atoms with Crippen LogP contribution in [-0.2, 0) is 9.53 Å². The first-order valence-electron chi connectivity index (χ1n) is 6.37. The summed E-state index contributed by atoms with van der Waals surface area (Å²) >= 11 is 0. The molecule has 1 amide bonds. The molecule has 0 aromatic carbocycles. The molecule has 2 rings (SSSR count). The zero-order valence-corrected chi connectivity index (χ0v) is 11.6. The summed E-state index contributed by atoms with van der Waals surface area (Å²) in [6.07, 6.45) is 6.48. The van der Waals surface area contributed by atoms with Crippen LogP contribution in [-0.4, -0.2) is 23.6 Å². The van der Waals surface area contributed by atoms with Crippen LogP contribution < -0.4 is 11.1 Å². The fourth-order valence-corrected chi connectivity index (χ4v) is 2.03. The van der Waals surface area contributed by atoms with Gasteiger partial charge < -0.3 is 15.8 Å². The van der Waals surface area contributed by atoms with Crippen molar-refractivity contribution in [3.63, 3.8) is 0 Å². The van der Waals surface area contributed by atoms with Crippen LogP contribution in [0.3, 0.4) is 0 Å². The SMILES string of the molecule is Cl.Nc1ccc(NC(=O)CCC2CCCCO2)cn1. The van der Waals surface area contributed by atoms with Crippen LogP contribution >= 0.6 is 12.4 Å². The third-order valence-corrected chi connectivity index (χ3v) is 3.04. The Kier molecular flexibility index (Phi) is 6.59. The van der Waals surface area contributed by atoms with Crippen molar-refractivity contribution in [3.05, 3.63) is 18.3 Å². The Bertz CT molecular complexity index is 391. The number of hydrogen-bond donors (Lipinski definition) is 2. The molecule has 0 spiro atoms. The average molecular weight is 286 g/mol. The van der Waals surface area contributed by atoms with Gasteiger partial charge in [-0.25, -0.2) is 4.98 Å². The molecule has 0 saturated carbocycles. The van der Waals surface area contributed by atoms with Crippen LogP contribution in [0.15, 0.2) is 18.3 Å². The summed E-state index contributed by atoms with van der Waals surface area (Å²) in [6.45, 7) is 0.828. The highest BCUT2D eigenvalue weighted by molar-refractivity contribution is 5.90. The van der Waals surface area contributed by atoms with Crippen LogP contribution in [0.5, 0.6) is 0 Å². The second-order valence-corrected chi connectivity index (χ2v) is 4.55. The predicted octanol–water partition coefficient (Wildman–Crippen LogP) is 2.37. The number of hydrogen-bond acceptors (Lipinski definition) is 4. The Morgan fingerprint density at radius 3 is 2.95 bits per heavy atom. The molecule has 2 heterocycles. The molecule has 1 aliphatic heterocycles. The fraction of sp³-hybridized carbons (Fsp3) is 0.538. The van der Waals surface area contributed by atoms with E-state index in [0.29, 0.717) is 17.9 Å². The lowest BCUT2D eigenvalue weighted by Crippen LogP contribution is -2.21. The molecule has 0 aliphatic carbocycles. The summed E-state index contributed by atoms with van der Waals surface area (Å²) < 4.78 is 5.59. The smallest absolute Gasteiger partial charge is 0.224 e. The molecule has 6 heteroatoms. The van der Waals surface area contributed by atoms with Crippen LogP contribution in [0, 0.1) is 0 Å². The van der Waals surface area contributed by atoms with Gasteiger partial charge in [-0.2, -0.15) is 0 Å². The van der Waals surface area contributed by atoms with Crippen LogP contribution in [0.25, 0.3) is 0 Å². The number of nitrogens with two attached hydrogens (primary N) is 1. The highest BCUT2D eigenvalue weighted by Gasteiger charge is 2.15. The Balaban J connectivity index is 0.00000180. The monoisotopic (exact) mass is 285 g/mol. The van der Waals surface area contributed by atoms with Gasteiger partial charge in [0.2, 0.25) is 5.91 Å². The molecule has 5 nitrogen and oxygen atoms in total. The highest BCUT2D eigenvalue weighted by Crippen LogP contribution is 2.17. The Hall–Kier alpha value is -1.33. The maximum atomic E-state index is 11.7. The summed E-state index contributed by atoms with van der Waals surface area (Å²) in [6, 6.07) is 3.41. The van der Waals surface area contributed by atoms with E-state index in [-0.39, 0.29) is 24.4 Å². The van der Waals surface area contributed by atoms with Gasteiger partial charge in [-0.05, 0) is 37.8 Å². The zero-order chi connectivity index (χ0) is 12.8. The van der Waals surface area contributed by atoms with E-state index >= 15 is 0 Å². The number of amides is 1. The van der Waals surface area contributed by atoms with Gasteiger partial charge in [0, 0.05) is 13.0 Å². The first-order valence-corrected chi connectivity index (χ1v) is 6.37. The lowest BCUT2D eigenvalue weighted by molar-refractivity contribution is -0.117. The maximum absolute atomic E-state index is 11.7. The Morgan fingerprint density at radius 1 is 1.47 bits per heavy atom. The molecule has 3 N–H and O–H groups in total. The van der Waals surface area contributed by atoms with E-state index in [1.165, 1.54) is 6.42 Å². The molecular formula is C13H20ClN3O2. The molecule has 1 aliphatic rings. The third-order valence-electron chi connectivity index (χ3n) is 3.04. The van der Waals surface area contributed by atoms with Crippen molar-refractivity contribution in [1.82, 2.24) is 4.98 Å². The van der Waals surface area contributed by atoms with Crippen molar-refractivity contribution < 1.29 is 9.53 Å². The molecule has 1 atom stereocenters. The number of nitrogens with zero attached hydrogens (tertiary/aromatic N) is 1. The molecule has 1 aromatic heterocycles. The number of anilines is 2. The summed E-state index contributed by atoms with van der Waals surface area (Å²) in [5.41, 5.74) is 6.15. The predicted molar refractivity (Wildman–Crippen MR) is 77.4 cm³/mol. The van der Waals surface area contributed by atoms with E-state index < -0.39 is 0 Å². The second-order valence-electron chi connectivity index (χ2n) is 4.55. The molecule has 1 unspecified atom stereocenters. The van der Waals surface area contributed by atoms with Gasteiger partial charge in [0.1, 0.15) is 5.82 Å². The summed E-state index contributed by atoms with van der Waals surface area (Å²) in [7, 11) is 0. The molecule has 1 aromatic rings. The van der Waals surface area contributed by atoms with Gasteiger partial charge >= 0.3 is 0 Å². The topological polar surface area (TPSA) is 77.2 Å². The molecule has 0 radical (unpaired) electrons. The van der Waals surface area contributed by atoms with Crippen molar-refractivity contribution in [3.8, 4) is 0 Å². The minimum absolute atomic E-state index is 0. The standard InChI is InChI=1S/C13H19N3O2.ClH/c14-12-6-4-10(9-15-12)16-13(17)7-5-11-3-1-2-8-18-11;/h4,6,9,11H,1-3,5,7-8H2,(H2,14,15)(H,16,17);1H. The molecule has 106 valence electrons. The number of halogens is 1. The Labute approximate surface area is 119 Å². The van der Waals surface area contributed by atoms with E-state index in [4.69, 9.17) is 10.5 Å². The minimum Gasteiger partial charge on any atom is -0.384 e. The van der Waals surface area contributed by atoms with Crippen molar-refractivity contribution in [2.45, 2.75) is 38.2 Å². The van der Waals surface area contributed by atoms with Crippen molar-refractivity contribution >= 4 is 29.8 Å². The highest BCUT2D eigenvalue weighted by atomic mass is 35.5. The molecule has 0 bridgehead atoms. The van der Waals surface area contributed by atoms with Gasteiger partial charge in [-0.1, -0.05) is 0 Å². The number of carbonyl (C=O) groups is 1. The number of nitrogen functional groups attached to an aromatic ring is 1. The van der Waals surface area contributed by atoms with Gasteiger partial charge in [0.15, 0.2) is 0 Å². The summed E-state index contributed by atoms with van der Waals surface area (Å²) in [4.78, 5) is 15.6. The lowest BCUT2D eigenvalue weighted by atomic mass is 10.0. The number of rotatable bonds is 4. The van der Waals surface area contributed by atoms with Gasteiger partial charge in [-0.3, -0.25) is 4.79 Å². The largest absolute Gasteiger partial charge is 0.384 e. The van der Waals surface area contributed by atoms with Gasteiger partial charge in [-0.15, -0.1) is 12.4 Å². The lowest BCUT2D eigenvalue weighted by Gasteiger charge is -2.22. The van der Waals surface area contributed by atoms with Crippen LogP contribution in [0.1, 0.15) is 32.1 Å². The number of aromatic nitrogens is 1. The van der Waals surface area contributed by atoms with Gasteiger partial charge in [0.05, 0.1) is 18.0 Å².